The van der Waals surface area contributed by atoms with E-state index >= 15 is 0 Å². The lowest BCUT2D eigenvalue weighted by Gasteiger charge is -2.13. The molecule has 0 fully saturated rings. The van der Waals surface area contributed by atoms with Gasteiger partial charge in [0.25, 0.3) is 0 Å². The molecule has 8 heteroatoms. The predicted octanol–water partition coefficient (Wildman–Crippen LogP) is 3.71. The Bertz CT molecular complexity index is 734. The van der Waals surface area contributed by atoms with Crippen molar-refractivity contribution in [3.63, 3.8) is 0 Å². The summed E-state index contributed by atoms with van der Waals surface area (Å²) in [6, 6.07) is 12.0. The molecule has 0 bridgehead atoms. The molecule has 0 aliphatic carbocycles. The number of methoxy groups -OCH3 is 1. The molecule has 2 aromatic rings. The quantitative estimate of drug-likeness (QED) is 0.649. The Labute approximate surface area is 155 Å². The van der Waals surface area contributed by atoms with Gasteiger partial charge in [0.2, 0.25) is 5.91 Å². The molecule has 2 N–H and O–H groups in total. The number of benzene rings is 2. The Hall–Kier alpha value is -2.74. The maximum Gasteiger partial charge on any atom is 0.418 e. The topological polar surface area (TPSA) is 59.6 Å². The number of hydrogen-bond acceptors (Lipinski definition) is 4. The fraction of sp³-hybridized carbons (Fsp3) is 0.316. The molecule has 0 atom stereocenters. The van der Waals surface area contributed by atoms with E-state index in [0.717, 1.165) is 11.8 Å². The van der Waals surface area contributed by atoms with Crippen molar-refractivity contribution in [2.24, 2.45) is 0 Å². The predicted molar refractivity (Wildman–Crippen MR) is 96.0 cm³/mol. The van der Waals surface area contributed by atoms with Crippen LogP contribution in [0.15, 0.2) is 48.5 Å². The van der Waals surface area contributed by atoms with E-state index in [1.165, 1.54) is 18.2 Å². The zero-order valence-electron chi connectivity index (χ0n) is 14.8. The van der Waals surface area contributed by atoms with Crippen LogP contribution in [0.25, 0.3) is 0 Å². The van der Waals surface area contributed by atoms with Crippen molar-refractivity contribution in [1.82, 2.24) is 5.32 Å². The summed E-state index contributed by atoms with van der Waals surface area (Å²) in [6.07, 6.45) is -4.46. The molecule has 0 unspecified atom stereocenters. The summed E-state index contributed by atoms with van der Waals surface area (Å²) in [5.41, 5.74) is -1.10. The largest absolute Gasteiger partial charge is 0.497 e. The van der Waals surface area contributed by atoms with Gasteiger partial charge in [0.05, 0.1) is 18.4 Å². The first-order valence-electron chi connectivity index (χ1n) is 8.34. The summed E-state index contributed by atoms with van der Waals surface area (Å²) < 4.78 is 49.2. The summed E-state index contributed by atoms with van der Waals surface area (Å²) in [5.74, 6) is 0.938. The first-order valence-corrected chi connectivity index (χ1v) is 8.34. The number of carbonyl (C=O) groups excluding carboxylic acids is 1. The number of alkyl halides is 3. The van der Waals surface area contributed by atoms with Crippen LogP contribution in [-0.2, 0) is 11.0 Å². The fourth-order valence-electron chi connectivity index (χ4n) is 2.29. The van der Waals surface area contributed by atoms with Gasteiger partial charge < -0.3 is 20.1 Å². The van der Waals surface area contributed by atoms with Crippen LogP contribution >= 0.6 is 0 Å². The zero-order valence-corrected chi connectivity index (χ0v) is 14.8. The van der Waals surface area contributed by atoms with Crippen molar-refractivity contribution in [2.75, 3.05) is 32.1 Å². The second kappa shape index (κ2) is 9.82. The Kier molecular flexibility index (Phi) is 7.48. The molecule has 0 aliphatic rings. The Morgan fingerprint density at radius 2 is 1.67 bits per heavy atom. The number of nitrogens with one attached hydrogen (secondary N) is 2. The minimum atomic E-state index is -4.51. The normalized spacial score (nSPS) is 11.1. The molecule has 0 spiro atoms. The monoisotopic (exact) mass is 382 g/mol. The van der Waals surface area contributed by atoms with Crippen LogP contribution in [0.5, 0.6) is 11.5 Å². The van der Waals surface area contributed by atoms with Crippen LogP contribution in [-0.4, -0.2) is 32.7 Å². The van der Waals surface area contributed by atoms with Crippen molar-refractivity contribution >= 4 is 11.6 Å². The highest BCUT2D eigenvalue weighted by molar-refractivity contribution is 5.91. The summed E-state index contributed by atoms with van der Waals surface area (Å²) >= 11 is 0. The third-order valence-corrected chi connectivity index (χ3v) is 3.64. The van der Waals surface area contributed by atoms with Crippen LogP contribution in [0.3, 0.4) is 0 Å². The van der Waals surface area contributed by atoms with Crippen LogP contribution < -0.4 is 20.1 Å². The van der Waals surface area contributed by atoms with Gasteiger partial charge in [-0.25, -0.2) is 0 Å². The second-order valence-corrected chi connectivity index (χ2v) is 5.62. The summed E-state index contributed by atoms with van der Waals surface area (Å²) in [5, 5.41) is 5.31. The summed E-state index contributed by atoms with van der Waals surface area (Å²) in [4.78, 5) is 11.8. The fourth-order valence-corrected chi connectivity index (χ4v) is 2.29. The van der Waals surface area contributed by atoms with E-state index < -0.39 is 17.6 Å². The molecular weight excluding hydrogens is 361 g/mol. The van der Waals surface area contributed by atoms with E-state index in [-0.39, 0.29) is 12.1 Å². The smallest absolute Gasteiger partial charge is 0.418 e. The molecule has 0 saturated heterocycles. The molecule has 0 saturated carbocycles. The van der Waals surface area contributed by atoms with Gasteiger partial charge >= 0.3 is 6.18 Å². The van der Waals surface area contributed by atoms with Gasteiger partial charge in [0, 0.05) is 19.5 Å². The van der Waals surface area contributed by atoms with Crippen LogP contribution in [0, 0.1) is 0 Å². The minimum Gasteiger partial charge on any atom is -0.497 e. The molecule has 2 aromatic carbocycles. The number of hydrogen-bond donors (Lipinski definition) is 2. The lowest BCUT2D eigenvalue weighted by Crippen LogP contribution is -2.26. The Balaban J connectivity index is 1.66. The van der Waals surface area contributed by atoms with E-state index in [9.17, 15) is 18.0 Å². The highest BCUT2D eigenvalue weighted by Crippen LogP contribution is 2.34. The van der Waals surface area contributed by atoms with Gasteiger partial charge in [-0.2, -0.15) is 13.2 Å². The maximum atomic E-state index is 12.9. The van der Waals surface area contributed by atoms with E-state index in [4.69, 9.17) is 9.47 Å². The van der Waals surface area contributed by atoms with E-state index in [1.54, 1.807) is 31.4 Å². The first kappa shape index (κ1) is 20.6. The Morgan fingerprint density at radius 1 is 1.00 bits per heavy atom. The van der Waals surface area contributed by atoms with Crippen LogP contribution in [0.2, 0.25) is 0 Å². The van der Waals surface area contributed by atoms with E-state index in [2.05, 4.69) is 10.6 Å². The zero-order chi connectivity index (χ0) is 19.7. The molecule has 146 valence electrons. The molecule has 5 nitrogen and oxygen atoms in total. The van der Waals surface area contributed by atoms with E-state index in [0.29, 0.717) is 25.4 Å². The van der Waals surface area contributed by atoms with Gasteiger partial charge in [-0.1, -0.05) is 12.1 Å². The number of ether oxygens (including phenoxy) is 2. The first-order chi connectivity index (χ1) is 12.9. The lowest BCUT2D eigenvalue weighted by atomic mass is 10.1. The molecule has 0 heterocycles. The molecule has 2 rings (SSSR count). The number of amides is 1. The van der Waals surface area contributed by atoms with Crippen molar-refractivity contribution < 1.29 is 27.4 Å². The average molecular weight is 382 g/mol. The Morgan fingerprint density at radius 3 is 2.33 bits per heavy atom. The van der Waals surface area contributed by atoms with Crippen LogP contribution in [0.1, 0.15) is 12.0 Å². The standard InChI is InChI=1S/C19H21F3N2O3/c1-26-14-6-8-15(9-7-14)27-13-12-23-11-10-18(25)24-17-5-3-2-4-16(17)19(20,21)22/h2-9,23H,10-13H2,1H3,(H,24,25). The van der Waals surface area contributed by atoms with Crippen molar-refractivity contribution in [3.8, 4) is 11.5 Å². The van der Waals surface area contributed by atoms with Gasteiger partial charge in [-0.05, 0) is 36.4 Å². The average Bonchev–Trinajstić information content (AvgIpc) is 2.64. The third-order valence-electron chi connectivity index (χ3n) is 3.64. The number of rotatable bonds is 9. The molecule has 0 radical (unpaired) electrons. The summed E-state index contributed by atoms with van der Waals surface area (Å²) in [6.45, 7) is 1.22. The lowest BCUT2D eigenvalue weighted by molar-refractivity contribution is -0.137. The molecule has 27 heavy (non-hydrogen) atoms. The van der Waals surface area contributed by atoms with Crippen molar-refractivity contribution in [1.29, 1.82) is 0 Å². The minimum absolute atomic E-state index is 0.0503. The van der Waals surface area contributed by atoms with Gasteiger partial charge in [-0.3, -0.25) is 4.79 Å². The van der Waals surface area contributed by atoms with Gasteiger partial charge in [-0.15, -0.1) is 0 Å². The molecule has 0 aromatic heterocycles. The number of anilines is 1. The highest BCUT2D eigenvalue weighted by atomic mass is 19.4. The number of para-hydroxylation sites is 1. The SMILES string of the molecule is COc1ccc(OCCNCCC(=O)Nc2ccccc2C(F)(F)F)cc1. The van der Waals surface area contributed by atoms with Gasteiger partial charge in [0.15, 0.2) is 0 Å². The molecule has 1 amide bonds. The van der Waals surface area contributed by atoms with E-state index in [1.807, 2.05) is 0 Å². The van der Waals surface area contributed by atoms with Gasteiger partial charge in [0.1, 0.15) is 18.1 Å². The number of halogens is 3. The molecular formula is C19H21F3N2O3. The third kappa shape index (κ3) is 6.82. The van der Waals surface area contributed by atoms with Crippen molar-refractivity contribution in [3.05, 3.63) is 54.1 Å². The van der Waals surface area contributed by atoms with Crippen molar-refractivity contribution in [2.45, 2.75) is 12.6 Å². The molecule has 0 aliphatic heterocycles. The highest BCUT2D eigenvalue weighted by Gasteiger charge is 2.33. The number of carbonyl (C=O) groups is 1. The maximum absolute atomic E-state index is 12.9. The second-order valence-electron chi connectivity index (χ2n) is 5.62. The summed E-state index contributed by atoms with van der Waals surface area (Å²) in [7, 11) is 1.58. The van der Waals surface area contributed by atoms with Crippen LogP contribution in [0.4, 0.5) is 18.9 Å².